The number of aromatic nitrogens is 1. The van der Waals surface area contributed by atoms with Crippen molar-refractivity contribution in [2.24, 2.45) is 11.8 Å². The van der Waals surface area contributed by atoms with Gasteiger partial charge in [-0.15, -0.1) is 0 Å². The first kappa shape index (κ1) is 34.9. The third-order valence-electron chi connectivity index (χ3n) is 11.1. The van der Waals surface area contributed by atoms with Gasteiger partial charge in [0.05, 0.1) is 17.8 Å². The van der Waals surface area contributed by atoms with Gasteiger partial charge in [0.2, 0.25) is 11.8 Å². The lowest BCUT2D eigenvalue weighted by molar-refractivity contribution is -0.124. The first-order valence-electron chi connectivity index (χ1n) is 17.9. The van der Waals surface area contributed by atoms with E-state index in [4.69, 9.17) is 9.26 Å². The second kappa shape index (κ2) is 15.7. The molecule has 0 aliphatic carbocycles. The lowest BCUT2D eigenvalue weighted by atomic mass is 9.80. The highest BCUT2D eigenvalue weighted by Gasteiger charge is 2.41. The Kier molecular flexibility index (Phi) is 11.2. The largest absolute Gasteiger partial charge is 0.445 e. The van der Waals surface area contributed by atoms with E-state index in [-0.39, 0.29) is 61.6 Å². The molecule has 0 bridgehead atoms. The van der Waals surface area contributed by atoms with Crippen molar-refractivity contribution >= 4 is 23.8 Å². The standard InChI is InChI=1S/C36H51N7O6/c1-25-33-30(49-40-25)22-38-31(44)20-27-9-17-43(35(47)48-24-26-6-4-3-5-7-26)23-28(27)8-14-37-32(45)21-36(39-34(33)46)12-18-42(19-13-36)29-10-15-41(2)16-11-29/h3-7,27-29H,8-24H2,1-2H3,(H,37,45)(H,38,44)(H,39,46)/t27-,28-/m0/s1. The van der Waals surface area contributed by atoms with Gasteiger partial charge in [-0.05, 0) is 83.0 Å². The van der Waals surface area contributed by atoms with Crippen LogP contribution in [0, 0.1) is 18.8 Å². The molecule has 4 aliphatic heterocycles. The molecule has 4 aliphatic rings. The summed E-state index contributed by atoms with van der Waals surface area (Å²) in [5, 5.41) is 13.4. The molecular formula is C36H51N7O6. The minimum absolute atomic E-state index is 0.00786. The Balaban J connectivity index is 1.15. The van der Waals surface area contributed by atoms with Crippen molar-refractivity contribution < 1.29 is 28.4 Å². The Labute approximate surface area is 288 Å². The predicted octanol–water partition coefficient (Wildman–Crippen LogP) is 2.83. The van der Waals surface area contributed by atoms with E-state index in [0.29, 0.717) is 68.4 Å². The van der Waals surface area contributed by atoms with Crippen LogP contribution in [-0.4, -0.2) is 108 Å². The lowest BCUT2D eigenvalue weighted by Gasteiger charge is -2.46. The minimum Gasteiger partial charge on any atom is -0.445 e. The molecule has 1 spiro atoms. The van der Waals surface area contributed by atoms with Gasteiger partial charge in [0.15, 0.2) is 5.76 Å². The van der Waals surface area contributed by atoms with Crippen LogP contribution < -0.4 is 16.0 Å². The van der Waals surface area contributed by atoms with Crippen LogP contribution in [0.3, 0.4) is 0 Å². The SMILES string of the molecule is Cc1noc2c1C(=O)NC1(CCN(C3CCN(C)CC3)CC1)CC(=O)NCC[C@H]1CN(C(=O)OCc3ccccc3)CC[C@H]1CC(=O)NC2. The summed E-state index contributed by atoms with van der Waals surface area (Å²) in [6, 6.07) is 10.1. The maximum Gasteiger partial charge on any atom is 0.410 e. The molecule has 3 fully saturated rings. The number of benzene rings is 1. The van der Waals surface area contributed by atoms with Gasteiger partial charge in [-0.3, -0.25) is 14.4 Å². The van der Waals surface area contributed by atoms with Crippen LogP contribution >= 0.6 is 0 Å². The number of piperidine rings is 3. The molecule has 1 aromatic heterocycles. The summed E-state index contributed by atoms with van der Waals surface area (Å²) in [5.41, 5.74) is 0.946. The molecule has 2 atom stereocenters. The molecule has 5 heterocycles. The molecule has 6 rings (SSSR count). The molecule has 0 radical (unpaired) electrons. The van der Waals surface area contributed by atoms with Crippen molar-refractivity contribution in [3.05, 3.63) is 52.9 Å². The summed E-state index contributed by atoms with van der Waals surface area (Å²) in [6.07, 6.45) is 4.85. The molecule has 3 N–H and O–H groups in total. The van der Waals surface area contributed by atoms with Crippen LogP contribution in [0.2, 0.25) is 0 Å². The zero-order valence-corrected chi connectivity index (χ0v) is 28.9. The topological polar surface area (TPSA) is 149 Å². The zero-order chi connectivity index (χ0) is 34.4. The number of carbonyl (C=O) groups is 4. The number of ether oxygens (including phenoxy) is 1. The van der Waals surface area contributed by atoms with Gasteiger partial charge in [-0.1, -0.05) is 35.5 Å². The molecule has 13 heteroatoms. The van der Waals surface area contributed by atoms with Gasteiger partial charge in [0.25, 0.3) is 5.91 Å². The fourth-order valence-electron chi connectivity index (χ4n) is 8.06. The van der Waals surface area contributed by atoms with Crippen LogP contribution in [0.15, 0.2) is 34.9 Å². The summed E-state index contributed by atoms with van der Waals surface area (Å²) >= 11 is 0. The number of nitrogens with one attached hydrogen (secondary N) is 3. The van der Waals surface area contributed by atoms with Gasteiger partial charge >= 0.3 is 6.09 Å². The molecule has 266 valence electrons. The molecule has 49 heavy (non-hydrogen) atoms. The summed E-state index contributed by atoms with van der Waals surface area (Å²) in [5.74, 6) is -0.312. The maximum atomic E-state index is 13.8. The monoisotopic (exact) mass is 677 g/mol. The van der Waals surface area contributed by atoms with Crippen molar-refractivity contribution in [1.82, 2.24) is 35.8 Å². The summed E-state index contributed by atoms with van der Waals surface area (Å²) in [7, 11) is 2.16. The van der Waals surface area contributed by atoms with Crippen molar-refractivity contribution in [1.29, 1.82) is 0 Å². The molecule has 4 amide bonds. The first-order valence-corrected chi connectivity index (χ1v) is 17.9. The predicted molar refractivity (Wildman–Crippen MR) is 181 cm³/mol. The van der Waals surface area contributed by atoms with E-state index >= 15 is 0 Å². The van der Waals surface area contributed by atoms with E-state index in [2.05, 4.69) is 38.0 Å². The zero-order valence-electron chi connectivity index (χ0n) is 28.9. The van der Waals surface area contributed by atoms with Gasteiger partial charge < -0.3 is 39.9 Å². The van der Waals surface area contributed by atoms with E-state index in [1.165, 1.54) is 0 Å². The second-order valence-electron chi connectivity index (χ2n) is 14.5. The first-order chi connectivity index (χ1) is 23.7. The highest BCUT2D eigenvalue weighted by atomic mass is 16.6. The Morgan fingerprint density at radius 2 is 1.71 bits per heavy atom. The molecule has 1 aromatic carbocycles. The molecule has 13 nitrogen and oxygen atoms in total. The summed E-state index contributed by atoms with van der Waals surface area (Å²) in [6.45, 7) is 7.04. The van der Waals surface area contributed by atoms with E-state index < -0.39 is 5.54 Å². The number of hydrogen-bond acceptors (Lipinski definition) is 9. The minimum atomic E-state index is -0.725. The third-order valence-corrected chi connectivity index (χ3v) is 11.1. The van der Waals surface area contributed by atoms with Crippen LogP contribution in [-0.2, 0) is 27.5 Å². The van der Waals surface area contributed by atoms with Crippen LogP contribution in [0.25, 0.3) is 0 Å². The van der Waals surface area contributed by atoms with Gasteiger partial charge in [0, 0.05) is 51.6 Å². The lowest BCUT2D eigenvalue weighted by Crippen LogP contribution is -2.59. The van der Waals surface area contributed by atoms with E-state index in [1.807, 2.05) is 30.3 Å². The normalized spacial score (nSPS) is 25.1. The third kappa shape index (κ3) is 8.80. The number of aryl methyl sites for hydroxylation is 1. The smallest absolute Gasteiger partial charge is 0.410 e. The quantitative estimate of drug-likeness (QED) is 0.446. The molecule has 0 saturated carbocycles. The number of likely N-dealkylation sites (tertiary alicyclic amines) is 3. The number of carbonyl (C=O) groups excluding carboxylic acids is 4. The Morgan fingerprint density at radius 3 is 2.47 bits per heavy atom. The van der Waals surface area contributed by atoms with Crippen LogP contribution in [0.4, 0.5) is 4.79 Å². The Bertz CT molecular complexity index is 1470. The number of nitrogens with zero attached hydrogens (tertiary/aromatic N) is 4. The number of amides is 4. The second-order valence-corrected chi connectivity index (χ2v) is 14.5. The Morgan fingerprint density at radius 1 is 0.959 bits per heavy atom. The van der Waals surface area contributed by atoms with Crippen molar-refractivity contribution in [3.63, 3.8) is 0 Å². The summed E-state index contributed by atoms with van der Waals surface area (Å²) in [4.78, 5) is 60.3. The molecular weight excluding hydrogens is 626 g/mol. The number of fused-ring (bicyclic) bond motifs is 2. The molecule has 3 saturated heterocycles. The molecule has 0 unspecified atom stereocenters. The van der Waals surface area contributed by atoms with Crippen molar-refractivity contribution in [2.75, 3.05) is 52.9 Å². The van der Waals surface area contributed by atoms with E-state index in [1.54, 1.807) is 11.8 Å². The van der Waals surface area contributed by atoms with Gasteiger partial charge in [-0.2, -0.15) is 0 Å². The number of hydrogen-bond donors (Lipinski definition) is 3. The average molecular weight is 678 g/mol. The van der Waals surface area contributed by atoms with Crippen LogP contribution in [0.1, 0.15) is 78.7 Å². The maximum absolute atomic E-state index is 13.8. The fourth-order valence-corrected chi connectivity index (χ4v) is 8.06. The highest BCUT2D eigenvalue weighted by molar-refractivity contribution is 5.97. The van der Waals surface area contributed by atoms with Crippen LogP contribution in [0.5, 0.6) is 0 Å². The van der Waals surface area contributed by atoms with Crippen molar-refractivity contribution in [3.8, 4) is 0 Å². The van der Waals surface area contributed by atoms with Gasteiger partial charge in [-0.25, -0.2) is 4.79 Å². The van der Waals surface area contributed by atoms with Crippen molar-refractivity contribution in [2.45, 2.75) is 83.0 Å². The van der Waals surface area contributed by atoms with E-state index in [9.17, 15) is 19.2 Å². The Hall–Kier alpha value is -3.97. The van der Waals surface area contributed by atoms with Gasteiger partial charge in [0.1, 0.15) is 12.2 Å². The number of rotatable bonds is 3. The fraction of sp³-hybridized carbons (Fsp3) is 0.639. The average Bonchev–Trinajstić information content (AvgIpc) is 3.47. The summed E-state index contributed by atoms with van der Waals surface area (Å²) < 4.78 is 11.2. The van der Waals surface area contributed by atoms with E-state index in [0.717, 1.165) is 44.6 Å². The highest BCUT2D eigenvalue weighted by Crippen LogP contribution is 2.32. The molecule has 2 aromatic rings.